The average Bonchev–Trinajstić information content (AvgIpc) is 3.08. The number of hydrogen-bond donors (Lipinski definition) is 0. The lowest BCUT2D eigenvalue weighted by molar-refractivity contribution is 0.0473. The maximum absolute atomic E-state index is 12.8. The van der Waals surface area contributed by atoms with Gasteiger partial charge in [0, 0.05) is 11.1 Å². The van der Waals surface area contributed by atoms with Crippen LogP contribution in [0.5, 0.6) is 0 Å². The number of esters is 1. The molecule has 0 fully saturated rings. The lowest BCUT2D eigenvalue weighted by Gasteiger charge is -2.10. The van der Waals surface area contributed by atoms with Crippen LogP contribution in [0.1, 0.15) is 27.0 Å². The van der Waals surface area contributed by atoms with E-state index in [1.807, 2.05) is 66.7 Å². The van der Waals surface area contributed by atoms with Crippen LogP contribution in [0.15, 0.2) is 78.5 Å². The largest absolute Gasteiger partial charge is 0.457 e. The molecule has 0 saturated heterocycles. The maximum atomic E-state index is 12.8. The van der Waals surface area contributed by atoms with E-state index in [0.29, 0.717) is 22.3 Å². The summed E-state index contributed by atoms with van der Waals surface area (Å²) in [5.41, 5.74) is 4.96. The molecule has 1 aliphatic carbocycles. The van der Waals surface area contributed by atoms with Gasteiger partial charge in [0.2, 0.25) is 0 Å². The number of rotatable bonds is 3. The Morgan fingerprint density at radius 3 is 2.32 bits per heavy atom. The molecule has 0 N–H and O–H groups in total. The van der Waals surface area contributed by atoms with E-state index in [2.05, 4.69) is 4.85 Å². The van der Waals surface area contributed by atoms with Crippen LogP contribution in [0.3, 0.4) is 0 Å². The summed E-state index contributed by atoms with van der Waals surface area (Å²) in [7, 11) is 0. The number of nitrogens with zero attached hydrogens (tertiary/aromatic N) is 2. The number of hydrogen-bond acceptors (Lipinski definition) is 3. The first-order valence-corrected chi connectivity index (χ1v) is 8.70. The fraction of sp³-hybridized carbons (Fsp3) is 0.0417. The second kappa shape index (κ2) is 7.23. The first kappa shape index (κ1) is 17.3. The Morgan fingerprint density at radius 1 is 0.929 bits per heavy atom. The van der Waals surface area contributed by atoms with E-state index >= 15 is 0 Å². The zero-order chi connectivity index (χ0) is 19.5. The van der Waals surface area contributed by atoms with E-state index in [1.54, 1.807) is 12.1 Å². The molecule has 0 atom stereocenters. The van der Waals surface area contributed by atoms with E-state index in [0.717, 1.165) is 16.7 Å². The average molecular weight is 362 g/mol. The van der Waals surface area contributed by atoms with Crippen LogP contribution in [0, 0.1) is 17.9 Å². The van der Waals surface area contributed by atoms with Gasteiger partial charge >= 0.3 is 5.97 Å². The number of fused-ring (bicyclic) bond motifs is 3. The van der Waals surface area contributed by atoms with Crippen molar-refractivity contribution in [3.63, 3.8) is 0 Å². The van der Waals surface area contributed by atoms with Crippen LogP contribution in [0.25, 0.3) is 21.5 Å². The highest BCUT2D eigenvalue weighted by atomic mass is 16.5. The maximum Gasteiger partial charge on any atom is 0.339 e. The standard InChI is InChI=1S/C24H14N2O2/c1-26-21(14-25)23-18-11-6-5-10-17(18)22-19(23)12-7-13-20(22)24(27)28-15-16-8-3-2-4-9-16/h2-13H,15H2/b23-21+. The van der Waals surface area contributed by atoms with Gasteiger partial charge in [-0.15, -0.1) is 0 Å². The Hall–Kier alpha value is -4.15. The molecule has 132 valence electrons. The van der Waals surface area contributed by atoms with Gasteiger partial charge in [-0.05, 0) is 28.3 Å². The van der Waals surface area contributed by atoms with Crippen molar-refractivity contribution in [2.24, 2.45) is 0 Å². The molecule has 3 aromatic carbocycles. The highest BCUT2D eigenvalue weighted by Gasteiger charge is 2.30. The molecule has 4 heteroatoms. The summed E-state index contributed by atoms with van der Waals surface area (Å²) in [6.45, 7) is 7.54. The molecule has 4 rings (SSSR count). The van der Waals surface area contributed by atoms with Gasteiger partial charge in [0.1, 0.15) is 6.61 Å². The smallest absolute Gasteiger partial charge is 0.339 e. The molecule has 1 aliphatic rings. The molecular formula is C24H14N2O2. The number of ether oxygens (including phenoxy) is 1. The van der Waals surface area contributed by atoms with Gasteiger partial charge in [-0.3, -0.25) is 0 Å². The zero-order valence-corrected chi connectivity index (χ0v) is 14.8. The fourth-order valence-corrected chi connectivity index (χ4v) is 3.48. The third-order valence-corrected chi connectivity index (χ3v) is 4.69. The molecule has 0 saturated carbocycles. The molecule has 28 heavy (non-hydrogen) atoms. The minimum atomic E-state index is -0.432. The minimum absolute atomic E-state index is 0.0148. The molecular weight excluding hydrogens is 348 g/mol. The summed E-state index contributed by atoms with van der Waals surface area (Å²) in [4.78, 5) is 16.2. The first-order chi connectivity index (χ1) is 13.7. The summed E-state index contributed by atoms with van der Waals surface area (Å²) in [6, 6.07) is 24.3. The second-order valence-electron chi connectivity index (χ2n) is 6.28. The summed E-state index contributed by atoms with van der Waals surface area (Å²) in [5.74, 6) is -0.432. The summed E-state index contributed by atoms with van der Waals surface area (Å²) < 4.78 is 5.52. The summed E-state index contributed by atoms with van der Waals surface area (Å²) in [6.07, 6.45) is 0. The molecule has 0 aliphatic heterocycles. The van der Waals surface area contributed by atoms with Crippen molar-refractivity contribution in [2.45, 2.75) is 6.61 Å². The molecule has 0 bridgehead atoms. The SMILES string of the molecule is [C-]#[N+]/C(C#N)=C1\c2ccccc2-c2c(C(=O)OCc3ccccc3)cccc21. The molecule has 0 radical (unpaired) electrons. The monoisotopic (exact) mass is 362 g/mol. The Labute approximate surface area is 162 Å². The van der Waals surface area contributed by atoms with Crippen molar-refractivity contribution in [3.05, 3.63) is 112 Å². The van der Waals surface area contributed by atoms with Crippen molar-refractivity contribution >= 4 is 11.5 Å². The van der Waals surface area contributed by atoms with Crippen LogP contribution in [0.4, 0.5) is 0 Å². The van der Waals surface area contributed by atoms with Gasteiger partial charge < -0.3 is 4.74 Å². The van der Waals surface area contributed by atoms with E-state index in [9.17, 15) is 10.1 Å². The van der Waals surface area contributed by atoms with Crippen LogP contribution < -0.4 is 0 Å². The van der Waals surface area contributed by atoms with Crippen LogP contribution in [0.2, 0.25) is 0 Å². The molecule has 0 unspecified atom stereocenters. The third-order valence-electron chi connectivity index (χ3n) is 4.69. The molecule has 0 spiro atoms. The van der Waals surface area contributed by atoms with Gasteiger partial charge in [-0.25, -0.2) is 14.9 Å². The Kier molecular flexibility index (Phi) is 4.46. The van der Waals surface area contributed by atoms with Crippen molar-refractivity contribution in [1.29, 1.82) is 5.26 Å². The molecule has 0 aromatic heterocycles. The molecule has 0 heterocycles. The van der Waals surface area contributed by atoms with E-state index < -0.39 is 5.97 Å². The van der Waals surface area contributed by atoms with Crippen LogP contribution in [-0.2, 0) is 11.3 Å². The predicted molar refractivity (Wildman–Crippen MR) is 106 cm³/mol. The van der Waals surface area contributed by atoms with Crippen LogP contribution >= 0.6 is 0 Å². The van der Waals surface area contributed by atoms with Gasteiger partial charge in [0.15, 0.2) is 0 Å². The van der Waals surface area contributed by atoms with E-state index in [1.165, 1.54) is 0 Å². The van der Waals surface area contributed by atoms with Crippen molar-refractivity contribution in [2.75, 3.05) is 0 Å². The van der Waals surface area contributed by atoms with Crippen molar-refractivity contribution < 1.29 is 9.53 Å². The van der Waals surface area contributed by atoms with E-state index in [-0.39, 0.29) is 12.3 Å². The Balaban J connectivity index is 1.81. The van der Waals surface area contributed by atoms with E-state index in [4.69, 9.17) is 11.3 Å². The Morgan fingerprint density at radius 2 is 1.61 bits per heavy atom. The van der Waals surface area contributed by atoms with Crippen molar-refractivity contribution in [1.82, 2.24) is 0 Å². The third kappa shape index (κ3) is 2.84. The lowest BCUT2D eigenvalue weighted by atomic mass is 9.99. The molecule has 4 nitrogen and oxygen atoms in total. The normalized spacial score (nSPS) is 12.9. The number of nitriles is 1. The fourth-order valence-electron chi connectivity index (χ4n) is 3.48. The number of benzene rings is 3. The molecule has 0 amide bonds. The summed E-state index contributed by atoms with van der Waals surface area (Å²) in [5, 5.41) is 9.41. The Bertz CT molecular complexity index is 1180. The highest BCUT2D eigenvalue weighted by molar-refractivity contribution is 6.10. The number of carbonyl (C=O) groups excluding carboxylic acids is 1. The highest BCUT2D eigenvalue weighted by Crippen LogP contribution is 2.47. The second-order valence-corrected chi connectivity index (χ2v) is 6.28. The van der Waals surface area contributed by atoms with Gasteiger partial charge in [0.05, 0.1) is 18.2 Å². The minimum Gasteiger partial charge on any atom is -0.457 e. The number of allylic oxidation sites excluding steroid dienone is 1. The van der Waals surface area contributed by atoms with Gasteiger partial charge in [-0.2, -0.15) is 0 Å². The quantitative estimate of drug-likeness (QED) is 0.285. The van der Waals surface area contributed by atoms with Crippen LogP contribution in [-0.4, -0.2) is 5.97 Å². The summed E-state index contributed by atoms with van der Waals surface area (Å²) >= 11 is 0. The topological polar surface area (TPSA) is 54.5 Å². The van der Waals surface area contributed by atoms with Gasteiger partial charge in [-0.1, -0.05) is 66.7 Å². The molecule has 3 aromatic rings. The van der Waals surface area contributed by atoms with Crippen molar-refractivity contribution in [3.8, 4) is 17.2 Å². The number of carbonyl (C=O) groups is 1. The first-order valence-electron chi connectivity index (χ1n) is 8.70. The zero-order valence-electron chi connectivity index (χ0n) is 14.8. The van der Waals surface area contributed by atoms with Gasteiger partial charge in [0.25, 0.3) is 5.70 Å². The predicted octanol–water partition coefficient (Wildman–Crippen LogP) is 5.23. The lowest BCUT2D eigenvalue weighted by Crippen LogP contribution is -2.07.